The van der Waals surface area contributed by atoms with Gasteiger partial charge in [0.15, 0.2) is 0 Å². The molecule has 0 aliphatic rings. The van der Waals surface area contributed by atoms with E-state index in [1.54, 1.807) is 22.8 Å². The maximum atomic E-state index is 13.1. The minimum Gasteiger partial charge on any atom is -0.325 e. The highest BCUT2D eigenvalue weighted by Crippen LogP contribution is 2.21. The van der Waals surface area contributed by atoms with Crippen molar-refractivity contribution in [1.29, 1.82) is 0 Å². The Labute approximate surface area is 155 Å². The average Bonchev–Trinajstić information content (AvgIpc) is 2.65. The number of rotatable bonds is 3. The molecule has 4 aromatic rings. The van der Waals surface area contributed by atoms with Gasteiger partial charge in [-0.2, -0.15) is 0 Å². The van der Waals surface area contributed by atoms with Gasteiger partial charge in [-0.1, -0.05) is 41.4 Å². The second-order valence-corrected chi connectivity index (χ2v) is 6.50. The van der Waals surface area contributed by atoms with Crippen molar-refractivity contribution >= 4 is 34.1 Å². The molecule has 5 heteroatoms. The van der Waals surface area contributed by atoms with Crippen LogP contribution in [0.15, 0.2) is 77.6 Å². The Morgan fingerprint density at radius 1 is 0.923 bits per heavy atom. The lowest BCUT2D eigenvalue weighted by molar-refractivity contribution is 0.973. The summed E-state index contributed by atoms with van der Waals surface area (Å²) in [7, 11) is 0. The maximum Gasteiger partial charge on any atom is 0.267 e. The third-order valence-corrected chi connectivity index (χ3v) is 4.42. The highest BCUT2D eigenvalue weighted by atomic mass is 35.5. The Morgan fingerprint density at radius 2 is 1.62 bits per heavy atom. The number of anilines is 2. The molecule has 4 nitrogen and oxygen atoms in total. The Morgan fingerprint density at radius 3 is 2.35 bits per heavy atom. The van der Waals surface area contributed by atoms with Gasteiger partial charge in [-0.05, 0) is 55.5 Å². The molecule has 3 aromatic carbocycles. The van der Waals surface area contributed by atoms with Crippen LogP contribution < -0.4 is 10.9 Å². The molecule has 0 aliphatic heterocycles. The first-order valence-corrected chi connectivity index (χ1v) is 8.61. The fourth-order valence-electron chi connectivity index (χ4n) is 2.81. The molecule has 0 unspecified atom stereocenters. The number of para-hydroxylation sites is 1. The van der Waals surface area contributed by atoms with Crippen LogP contribution in [0.3, 0.4) is 0 Å². The van der Waals surface area contributed by atoms with E-state index in [0.29, 0.717) is 21.9 Å². The number of hydrogen-bond donors (Lipinski definition) is 1. The highest BCUT2D eigenvalue weighted by molar-refractivity contribution is 6.30. The summed E-state index contributed by atoms with van der Waals surface area (Å²) in [6.07, 6.45) is 0. The van der Waals surface area contributed by atoms with Crippen molar-refractivity contribution in [2.75, 3.05) is 5.32 Å². The van der Waals surface area contributed by atoms with Crippen LogP contribution in [0.5, 0.6) is 0 Å². The molecule has 0 atom stereocenters. The second kappa shape index (κ2) is 6.65. The molecule has 0 amide bonds. The summed E-state index contributed by atoms with van der Waals surface area (Å²) >= 11 is 5.96. The third-order valence-electron chi connectivity index (χ3n) is 4.17. The smallest absolute Gasteiger partial charge is 0.267 e. The van der Waals surface area contributed by atoms with E-state index >= 15 is 0 Å². The van der Waals surface area contributed by atoms with E-state index < -0.39 is 0 Å². The first-order chi connectivity index (χ1) is 12.6. The van der Waals surface area contributed by atoms with E-state index in [4.69, 9.17) is 11.6 Å². The van der Waals surface area contributed by atoms with Crippen LogP contribution in [0.1, 0.15) is 5.56 Å². The van der Waals surface area contributed by atoms with Crippen LogP contribution in [0.2, 0.25) is 5.02 Å². The minimum atomic E-state index is -0.115. The molecule has 0 bridgehead atoms. The molecule has 0 radical (unpaired) electrons. The van der Waals surface area contributed by atoms with E-state index in [1.165, 1.54) is 0 Å². The first-order valence-electron chi connectivity index (χ1n) is 8.23. The predicted molar refractivity (Wildman–Crippen MR) is 107 cm³/mol. The number of benzene rings is 3. The zero-order valence-corrected chi connectivity index (χ0v) is 14.9. The van der Waals surface area contributed by atoms with Gasteiger partial charge in [0.1, 0.15) is 0 Å². The Balaban J connectivity index is 1.94. The van der Waals surface area contributed by atoms with Gasteiger partial charge in [0.2, 0.25) is 5.95 Å². The standard InChI is InChI=1S/C21H16ClN3O/c1-14-6-12-17(13-7-14)25-20(26)18-4-2-3-5-19(18)24-21(25)23-16-10-8-15(22)9-11-16/h2-13H,1H3,(H,23,24). The topological polar surface area (TPSA) is 46.9 Å². The van der Waals surface area contributed by atoms with E-state index in [9.17, 15) is 4.79 Å². The number of halogens is 1. The minimum absolute atomic E-state index is 0.115. The van der Waals surface area contributed by atoms with Crippen LogP contribution in [-0.2, 0) is 0 Å². The Hall–Kier alpha value is -3.11. The zero-order chi connectivity index (χ0) is 18.1. The fourth-order valence-corrected chi connectivity index (χ4v) is 2.94. The van der Waals surface area contributed by atoms with Crippen molar-refractivity contribution in [3.05, 3.63) is 93.7 Å². The lowest BCUT2D eigenvalue weighted by atomic mass is 10.2. The monoisotopic (exact) mass is 361 g/mol. The zero-order valence-electron chi connectivity index (χ0n) is 14.1. The van der Waals surface area contributed by atoms with E-state index in [1.807, 2.05) is 61.5 Å². The second-order valence-electron chi connectivity index (χ2n) is 6.06. The van der Waals surface area contributed by atoms with Crippen LogP contribution in [0, 0.1) is 6.92 Å². The predicted octanol–water partition coefficient (Wildman–Crippen LogP) is 5.09. The van der Waals surface area contributed by atoms with Gasteiger partial charge >= 0.3 is 0 Å². The molecule has 1 aromatic heterocycles. The van der Waals surface area contributed by atoms with E-state index in [-0.39, 0.29) is 5.56 Å². The van der Waals surface area contributed by atoms with Gasteiger partial charge in [-0.25, -0.2) is 9.55 Å². The SMILES string of the molecule is Cc1ccc(-n2c(Nc3ccc(Cl)cc3)nc3ccccc3c2=O)cc1. The molecule has 26 heavy (non-hydrogen) atoms. The van der Waals surface area contributed by atoms with Crippen molar-refractivity contribution in [3.8, 4) is 5.69 Å². The number of hydrogen-bond acceptors (Lipinski definition) is 3. The molecule has 4 rings (SSSR count). The van der Waals surface area contributed by atoms with Crippen LogP contribution in [-0.4, -0.2) is 9.55 Å². The van der Waals surface area contributed by atoms with Gasteiger partial charge in [0.05, 0.1) is 16.6 Å². The maximum absolute atomic E-state index is 13.1. The molecule has 0 aliphatic carbocycles. The van der Waals surface area contributed by atoms with Crippen molar-refractivity contribution in [1.82, 2.24) is 9.55 Å². The molecule has 0 saturated heterocycles. The van der Waals surface area contributed by atoms with Gasteiger partial charge in [-0.3, -0.25) is 4.79 Å². The van der Waals surface area contributed by atoms with Gasteiger partial charge in [0, 0.05) is 10.7 Å². The van der Waals surface area contributed by atoms with Crippen molar-refractivity contribution in [2.24, 2.45) is 0 Å². The quantitative estimate of drug-likeness (QED) is 0.552. The molecule has 0 saturated carbocycles. The van der Waals surface area contributed by atoms with E-state index in [0.717, 1.165) is 16.9 Å². The van der Waals surface area contributed by atoms with Crippen LogP contribution >= 0.6 is 11.6 Å². The third kappa shape index (κ3) is 3.07. The number of aromatic nitrogens is 2. The normalized spacial score (nSPS) is 10.8. The van der Waals surface area contributed by atoms with Gasteiger partial charge in [-0.15, -0.1) is 0 Å². The number of nitrogens with one attached hydrogen (secondary N) is 1. The molecule has 0 fully saturated rings. The van der Waals surface area contributed by atoms with E-state index in [2.05, 4.69) is 10.3 Å². The largest absolute Gasteiger partial charge is 0.325 e. The molecular formula is C21H16ClN3O. The molecular weight excluding hydrogens is 346 g/mol. The highest BCUT2D eigenvalue weighted by Gasteiger charge is 2.13. The Bertz CT molecular complexity index is 1130. The summed E-state index contributed by atoms with van der Waals surface area (Å²) in [6.45, 7) is 2.01. The van der Waals surface area contributed by atoms with Crippen molar-refractivity contribution in [3.63, 3.8) is 0 Å². The number of fused-ring (bicyclic) bond motifs is 1. The van der Waals surface area contributed by atoms with Gasteiger partial charge < -0.3 is 5.32 Å². The molecule has 0 spiro atoms. The average molecular weight is 362 g/mol. The van der Waals surface area contributed by atoms with Crippen molar-refractivity contribution < 1.29 is 0 Å². The first kappa shape index (κ1) is 16.4. The van der Waals surface area contributed by atoms with Crippen LogP contribution in [0.25, 0.3) is 16.6 Å². The number of aryl methyl sites for hydroxylation is 1. The lowest BCUT2D eigenvalue weighted by Gasteiger charge is -2.15. The lowest BCUT2D eigenvalue weighted by Crippen LogP contribution is -2.22. The fraction of sp³-hybridized carbons (Fsp3) is 0.0476. The summed E-state index contributed by atoms with van der Waals surface area (Å²) in [4.78, 5) is 17.8. The summed E-state index contributed by atoms with van der Waals surface area (Å²) < 4.78 is 1.59. The summed E-state index contributed by atoms with van der Waals surface area (Å²) in [5.41, 5.74) is 3.23. The molecule has 1 N–H and O–H groups in total. The van der Waals surface area contributed by atoms with Crippen LogP contribution in [0.4, 0.5) is 11.6 Å². The summed E-state index contributed by atoms with van der Waals surface area (Å²) in [6, 6.07) is 22.4. The molecule has 128 valence electrons. The Kier molecular flexibility index (Phi) is 4.19. The van der Waals surface area contributed by atoms with Gasteiger partial charge in [0.25, 0.3) is 5.56 Å². The summed E-state index contributed by atoms with van der Waals surface area (Å²) in [5, 5.41) is 4.47. The molecule has 1 heterocycles. The number of nitrogens with zero attached hydrogens (tertiary/aromatic N) is 2. The summed E-state index contributed by atoms with van der Waals surface area (Å²) in [5.74, 6) is 0.458. The van der Waals surface area contributed by atoms with Crippen molar-refractivity contribution in [2.45, 2.75) is 6.92 Å².